The third-order valence-electron chi connectivity index (χ3n) is 4.79. The number of rotatable bonds is 5. The van der Waals surface area contributed by atoms with Crippen molar-refractivity contribution < 1.29 is 9.59 Å². The second-order valence-corrected chi connectivity index (χ2v) is 6.76. The van der Waals surface area contributed by atoms with Gasteiger partial charge >= 0.3 is 0 Å². The first-order chi connectivity index (χ1) is 14.7. The Morgan fingerprint density at radius 1 is 0.833 bits per heavy atom. The van der Waals surface area contributed by atoms with Crippen LogP contribution in [0.5, 0.6) is 0 Å². The normalized spacial score (nSPS) is 10.6. The van der Waals surface area contributed by atoms with Crippen molar-refractivity contribution in [2.24, 2.45) is 0 Å². The largest absolute Gasteiger partial charge is 0.322 e. The van der Waals surface area contributed by atoms with E-state index in [-0.39, 0.29) is 11.8 Å². The number of benzene rings is 2. The molecule has 0 unspecified atom stereocenters. The van der Waals surface area contributed by atoms with E-state index in [1.807, 2.05) is 55.5 Å². The van der Waals surface area contributed by atoms with Crippen LogP contribution in [0.1, 0.15) is 33.2 Å². The van der Waals surface area contributed by atoms with Gasteiger partial charge in [0, 0.05) is 29.7 Å². The standard InChI is InChI=1S/C24H20N4O2/c1-2-16-7-3-4-10-20(16)27-23(29)18-13-19(15-25-14-18)24(30)28-21-11-5-8-17-9-6-12-26-22(17)21/h3-15H,2H2,1H3,(H,27,29)(H,28,30). The SMILES string of the molecule is CCc1ccccc1NC(=O)c1cncc(C(=O)Nc2cccc3cccnc23)c1. The van der Waals surface area contributed by atoms with Crippen LogP contribution in [-0.4, -0.2) is 21.8 Å². The Kier molecular flexibility index (Phi) is 5.48. The van der Waals surface area contributed by atoms with Crippen LogP contribution in [0.3, 0.4) is 0 Å². The zero-order valence-corrected chi connectivity index (χ0v) is 16.4. The number of hydrogen-bond acceptors (Lipinski definition) is 4. The Morgan fingerprint density at radius 3 is 2.27 bits per heavy atom. The van der Waals surface area contributed by atoms with Crippen molar-refractivity contribution in [2.45, 2.75) is 13.3 Å². The van der Waals surface area contributed by atoms with E-state index in [0.29, 0.717) is 22.3 Å². The smallest absolute Gasteiger partial charge is 0.257 e. The fraction of sp³-hybridized carbons (Fsp3) is 0.0833. The third kappa shape index (κ3) is 4.03. The fourth-order valence-corrected chi connectivity index (χ4v) is 3.23. The minimum atomic E-state index is -0.357. The summed E-state index contributed by atoms with van der Waals surface area (Å²) in [7, 11) is 0. The van der Waals surface area contributed by atoms with Crippen molar-refractivity contribution >= 4 is 34.1 Å². The Labute approximate surface area is 174 Å². The summed E-state index contributed by atoms with van der Waals surface area (Å²) < 4.78 is 0. The number of fused-ring (bicyclic) bond motifs is 1. The first-order valence-electron chi connectivity index (χ1n) is 9.65. The molecule has 0 saturated carbocycles. The lowest BCUT2D eigenvalue weighted by Crippen LogP contribution is -2.17. The van der Waals surface area contributed by atoms with Gasteiger partial charge in [-0.2, -0.15) is 0 Å². The van der Waals surface area contributed by atoms with E-state index in [4.69, 9.17) is 0 Å². The lowest BCUT2D eigenvalue weighted by molar-refractivity contribution is 0.102. The molecular weight excluding hydrogens is 376 g/mol. The molecule has 0 aliphatic rings. The summed E-state index contributed by atoms with van der Waals surface area (Å²) in [6.45, 7) is 2.03. The molecule has 0 aliphatic carbocycles. The number of hydrogen-bond donors (Lipinski definition) is 2. The van der Waals surface area contributed by atoms with Gasteiger partial charge in [-0.3, -0.25) is 19.6 Å². The number of carbonyl (C=O) groups is 2. The molecule has 2 aromatic heterocycles. The van der Waals surface area contributed by atoms with Gasteiger partial charge < -0.3 is 10.6 Å². The van der Waals surface area contributed by atoms with Crippen molar-refractivity contribution in [3.63, 3.8) is 0 Å². The van der Waals surface area contributed by atoms with Crippen LogP contribution in [0.2, 0.25) is 0 Å². The zero-order valence-electron chi connectivity index (χ0n) is 16.4. The molecule has 2 aromatic carbocycles. The first kappa shape index (κ1) is 19.3. The predicted molar refractivity (Wildman–Crippen MR) is 118 cm³/mol. The van der Waals surface area contributed by atoms with Crippen molar-refractivity contribution in [1.82, 2.24) is 9.97 Å². The maximum Gasteiger partial charge on any atom is 0.257 e. The summed E-state index contributed by atoms with van der Waals surface area (Å²) in [4.78, 5) is 33.9. The number of para-hydroxylation sites is 2. The van der Waals surface area contributed by atoms with E-state index < -0.39 is 0 Å². The van der Waals surface area contributed by atoms with Gasteiger partial charge in [-0.25, -0.2) is 0 Å². The molecule has 2 N–H and O–H groups in total. The van der Waals surface area contributed by atoms with Gasteiger partial charge in [-0.1, -0.05) is 43.3 Å². The van der Waals surface area contributed by atoms with Crippen LogP contribution >= 0.6 is 0 Å². The van der Waals surface area contributed by atoms with Crippen LogP contribution in [0.15, 0.2) is 79.3 Å². The van der Waals surface area contributed by atoms with Crippen LogP contribution in [0.4, 0.5) is 11.4 Å². The van der Waals surface area contributed by atoms with Crippen LogP contribution < -0.4 is 10.6 Å². The Morgan fingerprint density at radius 2 is 1.50 bits per heavy atom. The van der Waals surface area contributed by atoms with E-state index in [0.717, 1.165) is 23.1 Å². The molecular formula is C24H20N4O2. The molecule has 148 valence electrons. The summed E-state index contributed by atoms with van der Waals surface area (Å²) in [5, 5.41) is 6.69. The van der Waals surface area contributed by atoms with E-state index >= 15 is 0 Å². The van der Waals surface area contributed by atoms with Gasteiger partial charge in [0.2, 0.25) is 0 Å². The molecule has 0 aliphatic heterocycles. The highest BCUT2D eigenvalue weighted by atomic mass is 16.2. The predicted octanol–water partition coefficient (Wildman–Crippen LogP) is 4.70. The Balaban J connectivity index is 1.55. The van der Waals surface area contributed by atoms with Crippen LogP contribution in [0.25, 0.3) is 10.9 Å². The van der Waals surface area contributed by atoms with E-state index in [2.05, 4.69) is 20.6 Å². The molecule has 0 fully saturated rings. The molecule has 30 heavy (non-hydrogen) atoms. The van der Waals surface area contributed by atoms with Gasteiger partial charge in [0.05, 0.1) is 22.3 Å². The highest BCUT2D eigenvalue weighted by Crippen LogP contribution is 2.21. The maximum absolute atomic E-state index is 12.8. The molecule has 6 nitrogen and oxygen atoms in total. The molecule has 0 atom stereocenters. The maximum atomic E-state index is 12.8. The van der Waals surface area contributed by atoms with Crippen molar-refractivity contribution in [1.29, 1.82) is 0 Å². The van der Waals surface area contributed by atoms with Crippen molar-refractivity contribution in [3.05, 3.63) is 95.9 Å². The lowest BCUT2D eigenvalue weighted by Gasteiger charge is -2.11. The molecule has 2 heterocycles. The van der Waals surface area contributed by atoms with Gasteiger partial charge in [-0.05, 0) is 36.2 Å². The first-order valence-corrected chi connectivity index (χ1v) is 9.65. The molecule has 6 heteroatoms. The average molecular weight is 396 g/mol. The fourth-order valence-electron chi connectivity index (χ4n) is 3.23. The number of anilines is 2. The number of nitrogens with zero attached hydrogens (tertiary/aromatic N) is 2. The minimum absolute atomic E-state index is 0.291. The summed E-state index contributed by atoms with van der Waals surface area (Å²) >= 11 is 0. The molecule has 0 bridgehead atoms. The number of carbonyl (C=O) groups excluding carboxylic acids is 2. The monoisotopic (exact) mass is 396 g/mol. The van der Waals surface area contributed by atoms with Gasteiger partial charge in [0.25, 0.3) is 11.8 Å². The third-order valence-corrected chi connectivity index (χ3v) is 4.79. The Bertz CT molecular complexity index is 1230. The lowest BCUT2D eigenvalue weighted by atomic mass is 10.1. The molecule has 0 saturated heterocycles. The minimum Gasteiger partial charge on any atom is -0.322 e. The summed E-state index contributed by atoms with van der Waals surface area (Å²) in [6, 6.07) is 18.5. The second-order valence-electron chi connectivity index (χ2n) is 6.76. The number of aromatic nitrogens is 2. The molecule has 2 amide bonds. The summed E-state index contributed by atoms with van der Waals surface area (Å²) in [6.07, 6.45) is 5.36. The summed E-state index contributed by atoms with van der Waals surface area (Å²) in [5.74, 6) is -0.672. The topological polar surface area (TPSA) is 84.0 Å². The average Bonchev–Trinajstić information content (AvgIpc) is 2.79. The highest BCUT2D eigenvalue weighted by molar-refractivity contribution is 6.10. The Hall–Kier alpha value is -4.06. The number of amides is 2. The zero-order chi connectivity index (χ0) is 20.9. The van der Waals surface area contributed by atoms with E-state index in [1.165, 1.54) is 18.5 Å². The number of aryl methyl sites for hydroxylation is 1. The highest BCUT2D eigenvalue weighted by Gasteiger charge is 2.14. The van der Waals surface area contributed by atoms with Crippen molar-refractivity contribution in [2.75, 3.05) is 10.6 Å². The van der Waals surface area contributed by atoms with E-state index in [1.54, 1.807) is 12.3 Å². The van der Waals surface area contributed by atoms with Crippen LogP contribution in [-0.2, 0) is 6.42 Å². The summed E-state index contributed by atoms with van der Waals surface area (Å²) in [5.41, 5.74) is 3.69. The van der Waals surface area contributed by atoms with Crippen LogP contribution in [0, 0.1) is 0 Å². The second kappa shape index (κ2) is 8.53. The molecule has 0 radical (unpaired) electrons. The van der Waals surface area contributed by atoms with Gasteiger partial charge in [0.1, 0.15) is 0 Å². The number of nitrogens with one attached hydrogen (secondary N) is 2. The quantitative estimate of drug-likeness (QED) is 0.512. The van der Waals surface area contributed by atoms with Gasteiger partial charge in [0.15, 0.2) is 0 Å². The molecule has 0 spiro atoms. The van der Waals surface area contributed by atoms with Crippen molar-refractivity contribution in [3.8, 4) is 0 Å². The van der Waals surface area contributed by atoms with Gasteiger partial charge in [-0.15, -0.1) is 0 Å². The van der Waals surface area contributed by atoms with E-state index in [9.17, 15) is 9.59 Å². The molecule has 4 rings (SSSR count). The number of pyridine rings is 2. The molecule has 4 aromatic rings.